The lowest BCUT2D eigenvalue weighted by atomic mass is 9.95. The van der Waals surface area contributed by atoms with Gasteiger partial charge in [0.1, 0.15) is 0 Å². The average molecular weight is 168 g/mol. The van der Waals surface area contributed by atoms with Gasteiger partial charge in [-0.25, -0.2) is 0 Å². The first-order valence-corrected chi connectivity index (χ1v) is 4.84. The summed E-state index contributed by atoms with van der Waals surface area (Å²) in [5.41, 5.74) is 5.92. The van der Waals surface area contributed by atoms with Crippen LogP contribution in [0, 0.1) is 5.41 Å². The van der Waals surface area contributed by atoms with Crippen LogP contribution < -0.4 is 5.73 Å². The van der Waals surface area contributed by atoms with Crippen LogP contribution in [-0.4, -0.2) is 11.9 Å². The molecule has 0 unspecified atom stereocenters. The molecule has 1 aliphatic carbocycles. The third-order valence-corrected chi connectivity index (χ3v) is 2.41. The largest absolute Gasteiger partial charge is 0.387 e. The maximum absolute atomic E-state index is 5.88. The van der Waals surface area contributed by atoms with E-state index in [4.69, 9.17) is 5.73 Å². The fraction of sp³-hybridized carbons (Fsp3) is 0.900. The molecule has 70 valence electrons. The van der Waals surface area contributed by atoms with Gasteiger partial charge in [0, 0.05) is 5.41 Å². The number of amidine groups is 1. The van der Waals surface area contributed by atoms with Crippen molar-refractivity contribution in [2.45, 2.75) is 52.5 Å². The third kappa shape index (κ3) is 2.50. The minimum atomic E-state index is 0.0442. The number of hydrogen-bond donors (Lipinski definition) is 1. The van der Waals surface area contributed by atoms with E-state index in [-0.39, 0.29) is 5.41 Å². The van der Waals surface area contributed by atoms with Crippen LogP contribution in [-0.2, 0) is 0 Å². The Balaban J connectivity index is 2.55. The molecule has 0 bridgehead atoms. The highest BCUT2D eigenvalue weighted by atomic mass is 14.9. The fourth-order valence-corrected chi connectivity index (χ4v) is 1.42. The van der Waals surface area contributed by atoms with Crippen LogP contribution in [0.25, 0.3) is 0 Å². The minimum absolute atomic E-state index is 0.0442. The monoisotopic (exact) mass is 168 g/mol. The topological polar surface area (TPSA) is 38.4 Å². The van der Waals surface area contributed by atoms with Gasteiger partial charge in [-0.1, -0.05) is 33.6 Å². The van der Waals surface area contributed by atoms with Gasteiger partial charge >= 0.3 is 0 Å². The zero-order valence-corrected chi connectivity index (χ0v) is 8.43. The predicted octanol–water partition coefficient (Wildman–Crippen LogP) is 2.33. The summed E-state index contributed by atoms with van der Waals surface area (Å²) in [5.74, 6) is 0.814. The molecule has 1 aliphatic rings. The van der Waals surface area contributed by atoms with Crippen LogP contribution in [0.15, 0.2) is 4.99 Å². The van der Waals surface area contributed by atoms with Crippen LogP contribution in [0.5, 0.6) is 0 Å². The lowest BCUT2D eigenvalue weighted by Crippen LogP contribution is -2.30. The lowest BCUT2D eigenvalue weighted by molar-refractivity contribution is 0.570. The second-order valence-electron chi connectivity index (χ2n) is 4.70. The Morgan fingerprint density at radius 3 is 2.17 bits per heavy atom. The van der Waals surface area contributed by atoms with Gasteiger partial charge in [-0.2, -0.15) is 0 Å². The second-order valence-corrected chi connectivity index (χ2v) is 4.70. The van der Waals surface area contributed by atoms with E-state index < -0.39 is 0 Å². The lowest BCUT2D eigenvalue weighted by Gasteiger charge is -2.18. The van der Waals surface area contributed by atoms with Crippen molar-refractivity contribution in [1.82, 2.24) is 0 Å². The molecule has 1 fully saturated rings. The number of rotatable bonds is 1. The highest BCUT2D eigenvalue weighted by Crippen LogP contribution is 2.23. The van der Waals surface area contributed by atoms with E-state index >= 15 is 0 Å². The summed E-state index contributed by atoms with van der Waals surface area (Å²) >= 11 is 0. The van der Waals surface area contributed by atoms with E-state index in [0.29, 0.717) is 6.04 Å². The summed E-state index contributed by atoms with van der Waals surface area (Å²) in [6.07, 6.45) is 5.12. The van der Waals surface area contributed by atoms with Gasteiger partial charge in [0.15, 0.2) is 0 Å². The Morgan fingerprint density at radius 1 is 1.25 bits per heavy atom. The molecule has 0 spiro atoms. The normalized spacial score (nSPS) is 21.8. The van der Waals surface area contributed by atoms with Crippen LogP contribution in [0.4, 0.5) is 0 Å². The highest BCUT2D eigenvalue weighted by Gasteiger charge is 2.19. The molecule has 1 saturated carbocycles. The van der Waals surface area contributed by atoms with Crippen molar-refractivity contribution < 1.29 is 0 Å². The number of nitrogens with two attached hydrogens (primary N) is 1. The van der Waals surface area contributed by atoms with Gasteiger partial charge in [0.05, 0.1) is 11.9 Å². The smallest absolute Gasteiger partial charge is 0.0994 e. The molecule has 2 heteroatoms. The van der Waals surface area contributed by atoms with Gasteiger partial charge in [0.25, 0.3) is 0 Å². The molecule has 2 N–H and O–H groups in total. The molecule has 0 atom stereocenters. The Morgan fingerprint density at radius 2 is 1.75 bits per heavy atom. The highest BCUT2D eigenvalue weighted by molar-refractivity contribution is 5.85. The molecule has 2 nitrogen and oxygen atoms in total. The molecule has 1 rings (SSSR count). The van der Waals surface area contributed by atoms with Crippen LogP contribution in [0.3, 0.4) is 0 Å². The van der Waals surface area contributed by atoms with E-state index in [0.717, 1.165) is 5.84 Å². The van der Waals surface area contributed by atoms with Crippen molar-refractivity contribution in [3.05, 3.63) is 0 Å². The van der Waals surface area contributed by atoms with Crippen molar-refractivity contribution in [3.63, 3.8) is 0 Å². The molecule has 0 radical (unpaired) electrons. The summed E-state index contributed by atoms with van der Waals surface area (Å²) in [5, 5.41) is 0. The number of nitrogens with zero attached hydrogens (tertiary/aromatic N) is 1. The maximum atomic E-state index is 5.88. The zero-order valence-electron chi connectivity index (χ0n) is 8.43. The Hall–Kier alpha value is -0.530. The van der Waals surface area contributed by atoms with E-state index in [9.17, 15) is 0 Å². The molecule has 0 aromatic rings. The van der Waals surface area contributed by atoms with Crippen LogP contribution in [0.1, 0.15) is 46.5 Å². The molecule has 0 aromatic heterocycles. The van der Waals surface area contributed by atoms with Crippen molar-refractivity contribution in [3.8, 4) is 0 Å². The van der Waals surface area contributed by atoms with Crippen molar-refractivity contribution >= 4 is 5.84 Å². The Kier molecular flexibility index (Phi) is 2.76. The summed E-state index contributed by atoms with van der Waals surface area (Å²) < 4.78 is 0. The molecule has 12 heavy (non-hydrogen) atoms. The predicted molar refractivity (Wildman–Crippen MR) is 53.3 cm³/mol. The van der Waals surface area contributed by atoms with E-state index in [1.807, 2.05) is 0 Å². The van der Waals surface area contributed by atoms with Crippen molar-refractivity contribution in [1.29, 1.82) is 0 Å². The SMILES string of the molecule is CC(C)(C)C(N)=NC1CCCC1. The molecule has 0 heterocycles. The molecular weight excluding hydrogens is 148 g/mol. The van der Waals surface area contributed by atoms with E-state index in [2.05, 4.69) is 25.8 Å². The van der Waals surface area contributed by atoms with Crippen molar-refractivity contribution in [2.24, 2.45) is 16.1 Å². The summed E-state index contributed by atoms with van der Waals surface area (Å²) in [6.45, 7) is 6.34. The molecular formula is C10H20N2. The van der Waals surface area contributed by atoms with Crippen LogP contribution >= 0.6 is 0 Å². The molecule has 0 aromatic carbocycles. The van der Waals surface area contributed by atoms with E-state index in [1.165, 1.54) is 25.7 Å². The fourth-order valence-electron chi connectivity index (χ4n) is 1.42. The Labute approximate surface area is 75.3 Å². The summed E-state index contributed by atoms with van der Waals surface area (Å²) in [6, 6.07) is 0.518. The van der Waals surface area contributed by atoms with Gasteiger partial charge in [-0.3, -0.25) is 4.99 Å². The minimum Gasteiger partial charge on any atom is -0.387 e. The standard InChI is InChI=1S/C10H20N2/c1-10(2,3)9(11)12-8-6-4-5-7-8/h8H,4-7H2,1-3H3,(H2,11,12). The van der Waals surface area contributed by atoms with Gasteiger partial charge in [-0.05, 0) is 12.8 Å². The molecule has 0 aliphatic heterocycles. The van der Waals surface area contributed by atoms with Crippen molar-refractivity contribution in [2.75, 3.05) is 0 Å². The quantitative estimate of drug-likeness (QED) is 0.473. The van der Waals surface area contributed by atoms with Gasteiger partial charge in [-0.15, -0.1) is 0 Å². The summed E-state index contributed by atoms with van der Waals surface area (Å²) in [4.78, 5) is 4.54. The first-order valence-electron chi connectivity index (χ1n) is 4.84. The number of hydrogen-bond acceptors (Lipinski definition) is 1. The maximum Gasteiger partial charge on any atom is 0.0994 e. The van der Waals surface area contributed by atoms with Gasteiger partial charge in [0.2, 0.25) is 0 Å². The van der Waals surface area contributed by atoms with E-state index in [1.54, 1.807) is 0 Å². The number of aliphatic imine (C=N–C) groups is 1. The molecule has 0 amide bonds. The second kappa shape index (κ2) is 3.46. The van der Waals surface area contributed by atoms with Crippen LogP contribution in [0.2, 0.25) is 0 Å². The average Bonchev–Trinajstić information content (AvgIpc) is 2.37. The third-order valence-electron chi connectivity index (χ3n) is 2.41. The molecule has 0 saturated heterocycles. The summed E-state index contributed by atoms with van der Waals surface area (Å²) in [7, 11) is 0. The first-order chi connectivity index (χ1) is 5.50. The zero-order chi connectivity index (χ0) is 9.19. The first kappa shape index (κ1) is 9.56. The Bertz CT molecular complexity index is 171. The van der Waals surface area contributed by atoms with Gasteiger partial charge < -0.3 is 5.73 Å².